The van der Waals surface area contributed by atoms with Crippen LogP contribution in [0.5, 0.6) is 5.75 Å². The van der Waals surface area contributed by atoms with Crippen molar-refractivity contribution in [3.05, 3.63) is 65.0 Å². The van der Waals surface area contributed by atoms with Crippen LogP contribution in [0, 0.1) is 5.82 Å². The van der Waals surface area contributed by atoms with E-state index in [2.05, 4.69) is 5.32 Å². The minimum Gasteiger partial charge on any atom is -0.496 e. The maximum absolute atomic E-state index is 13.5. The summed E-state index contributed by atoms with van der Waals surface area (Å²) in [5, 5.41) is 2.89. The van der Waals surface area contributed by atoms with Crippen LogP contribution < -0.4 is 10.1 Å². The van der Waals surface area contributed by atoms with Gasteiger partial charge in [0, 0.05) is 17.7 Å². The minimum absolute atomic E-state index is 0.0712. The van der Waals surface area contributed by atoms with E-state index >= 15 is 0 Å². The molecule has 0 fully saturated rings. The molecule has 27 heavy (non-hydrogen) atoms. The highest BCUT2D eigenvalue weighted by Gasteiger charge is 2.17. The number of methoxy groups -OCH3 is 1. The number of benzene rings is 2. The van der Waals surface area contributed by atoms with Gasteiger partial charge >= 0.3 is 0 Å². The Balaban J connectivity index is 2.08. The predicted molar refractivity (Wildman–Crippen MR) is 103 cm³/mol. The highest BCUT2D eigenvalue weighted by atomic mass is 19.1. The first-order valence-electron chi connectivity index (χ1n) is 8.68. The smallest absolute Gasteiger partial charge is 0.224 e. The van der Waals surface area contributed by atoms with Crippen molar-refractivity contribution in [3.63, 3.8) is 0 Å². The van der Waals surface area contributed by atoms with E-state index in [0.717, 1.165) is 5.56 Å². The van der Waals surface area contributed by atoms with Gasteiger partial charge in [-0.15, -0.1) is 0 Å². The van der Waals surface area contributed by atoms with E-state index in [9.17, 15) is 14.0 Å². The molecule has 0 saturated heterocycles. The topological polar surface area (TPSA) is 58.6 Å². The van der Waals surface area contributed by atoms with E-state index < -0.39 is 0 Å². The van der Waals surface area contributed by atoms with Gasteiger partial charge in [0.1, 0.15) is 11.6 Å². The van der Waals surface area contributed by atoms with Crippen LogP contribution in [0.3, 0.4) is 0 Å². The summed E-state index contributed by atoms with van der Waals surface area (Å²) in [4.78, 5) is 25.9. The summed E-state index contributed by atoms with van der Waals surface area (Å²) in [6, 6.07) is 11.2. The maximum atomic E-state index is 13.5. The van der Waals surface area contributed by atoms with Crippen molar-refractivity contribution in [1.29, 1.82) is 0 Å². The molecule has 1 N–H and O–H groups in total. The number of rotatable bonds is 8. The summed E-state index contributed by atoms with van der Waals surface area (Å²) in [6.45, 7) is 1.82. The van der Waals surface area contributed by atoms with Crippen molar-refractivity contribution >= 4 is 11.7 Å². The van der Waals surface area contributed by atoms with Crippen molar-refractivity contribution in [1.82, 2.24) is 10.2 Å². The average Bonchev–Trinajstić information content (AvgIpc) is 2.61. The summed E-state index contributed by atoms with van der Waals surface area (Å²) in [7, 11) is 5.28. The second-order valence-corrected chi connectivity index (χ2v) is 6.60. The average molecular weight is 372 g/mol. The zero-order chi connectivity index (χ0) is 20.0. The number of ketones is 1. The second-order valence-electron chi connectivity index (χ2n) is 6.60. The van der Waals surface area contributed by atoms with E-state index in [1.54, 1.807) is 24.3 Å². The van der Waals surface area contributed by atoms with Gasteiger partial charge in [0.25, 0.3) is 0 Å². The Kier molecular flexibility index (Phi) is 7.07. The molecule has 0 aliphatic carbocycles. The fraction of sp³-hybridized carbons (Fsp3) is 0.333. The number of carbonyl (C=O) groups is 2. The monoisotopic (exact) mass is 372 g/mol. The standard InChI is InChI=1S/C21H25FN2O3/c1-14(25)15-8-9-20(27-4)17(10-15)12-21(26)23-13-19(24(2)3)16-6-5-7-18(22)11-16/h5-11,19H,12-13H2,1-4H3,(H,23,26). The van der Waals surface area contributed by atoms with Crippen molar-refractivity contribution in [3.8, 4) is 5.75 Å². The lowest BCUT2D eigenvalue weighted by molar-refractivity contribution is -0.120. The lowest BCUT2D eigenvalue weighted by Gasteiger charge is -2.25. The Bertz CT molecular complexity index is 821. The molecule has 0 spiro atoms. The van der Waals surface area contributed by atoms with Crippen LogP contribution in [-0.4, -0.2) is 44.3 Å². The van der Waals surface area contributed by atoms with Gasteiger partial charge in [-0.25, -0.2) is 4.39 Å². The number of hydrogen-bond donors (Lipinski definition) is 1. The van der Waals surface area contributed by atoms with E-state index in [0.29, 0.717) is 23.4 Å². The van der Waals surface area contributed by atoms with Crippen molar-refractivity contribution in [2.24, 2.45) is 0 Å². The minimum atomic E-state index is -0.309. The lowest BCUT2D eigenvalue weighted by Crippen LogP contribution is -2.35. The molecule has 2 aromatic carbocycles. The fourth-order valence-corrected chi connectivity index (χ4v) is 2.89. The summed E-state index contributed by atoms with van der Waals surface area (Å²) in [6.07, 6.45) is 0.0909. The molecule has 144 valence electrons. The largest absolute Gasteiger partial charge is 0.496 e. The molecule has 0 aliphatic rings. The molecule has 0 heterocycles. The highest BCUT2D eigenvalue weighted by molar-refractivity contribution is 5.94. The van der Waals surface area contributed by atoms with E-state index in [1.165, 1.54) is 26.2 Å². The van der Waals surface area contributed by atoms with Crippen LogP contribution in [0.15, 0.2) is 42.5 Å². The van der Waals surface area contributed by atoms with Crippen molar-refractivity contribution in [2.45, 2.75) is 19.4 Å². The molecule has 1 atom stereocenters. The van der Waals surface area contributed by atoms with Gasteiger partial charge < -0.3 is 15.0 Å². The van der Waals surface area contributed by atoms with Gasteiger partial charge in [0.15, 0.2) is 5.78 Å². The Morgan fingerprint density at radius 3 is 2.52 bits per heavy atom. The number of halogens is 1. The van der Waals surface area contributed by atoms with Crippen molar-refractivity contribution in [2.75, 3.05) is 27.7 Å². The van der Waals surface area contributed by atoms with Crippen LogP contribution >= 0.6 is 0 Å². The number of amides is 1. The Morgan fingerprint density at radius 1 is 1.19 bits per heavy atom. The van der Waals surface area contributed by atoms with Gasteiger partial charge in [-0.05, 0) is 56.9 Å². The number of carbonyl (C=O) groups excluding carboxylic acids is 2. The summed E-state index contributed by atoms with van der Waals surface area (Å²) < 4.78 is 18.8. The van der Waals surface area contributed by atoms with Crippen LogP contribution in [0.1, 0.15) is 34.5 Å². The second kappa shape index (κ2) is 9.28. The number of likely N-dealkylation sites (N-methyl/N-ethyl adjacent to an activating group) is 1. The number of nitrogens with zero attached hydrogens (tertiary/aromatic N) is 1. The summed E-state index contributed by atoms with van der Waals surface area (Å²) >= 11 is 0. The normalized spacial score (nSPS) is 11.9. The molecule has 0 bridgehead atoms. The Morgan fingerprint density at radius 2 is 1.93 bits per heavy atom. The van der Waals surface area contributed by atoms with Gasteiger partial charge in [-0.2, -0.15) is 0 Å². The molecule has 2 aromatic rings. The molecule has 5 nitrogen and oxygen atoms in total. The molecule has 1 amide bonds. The summed E-state index contributed by atoms with van der Waals surface area (Å²) in [5.74, 6) is -0.0174. The van der Waals surface area contributed by atoms with Crippen LogP contribution in [0.25, 0.3) is 0 Å². The molecular weight excluding hydrogens is 347 g/mol. The van der Waals surface area contributed by atoms with E-state index in [4.69, 9.17) is 4.74 Å². The van der Waals surface area contributed by atoms with E-state index in [-0.39, 0.29) is 30.0 Å². The SMILES string of the molecule is COc1ccc(C(C)=O)cc1CC(=O)NCC(c1cccc(F)c1)N(C)C. The van der Waals surface area contributed by atoms with Crippen LogP contribution in [-0.2, 0) is 11.2 Å². The van der Waals surface area contributed by atoms with Crippen molar-refractivity contribution < 1.29 is 18.7 Å². The van der Waals surface area contributed by atoms with E-state index in [1.807, 2.05) is 25.1 Å². The first-order valence-corrected chi connectivity index (χ1v) is 8.68. The van der Waals surface area contributed by atoms with Gasteiger partial charge in [0.2, 0.25) is 5.91 Å². The first kappa shape index (κ1) is 20.6. The third-order valence-electron chi connectivity index (χ3n) is 4.39. The zero-order valence-corrected chi connectivity index (χ0v) is 16.1. The molecule has 2 rings (SSSR count). The maximum Gasteiger partial charge on any atom is 0.224 e. The molecule has 1 unspecified atom stereocenters. The first-order chi connectivity index (χ1) is 12.8. The zero-order valence-electron chi connectivity index (χ0n) is 16.1. The van der Waals surface area contributed by atoms with Gasteiger partial charge in [0.05, 0.1) is 19.6 Å². The predicted octanol–water partition coefficient (Wildman–Crippen LogP) is 3.00. The van der Waals surface area contributed by atoms with Crippen LogP contribution in [0.2, 0.25) is 0 Å². The third-order valence-corrected chi connectivity index (χ3v) is 4.39. The lowest BCUT2D eigenvalue weighted by atomic mass is 10.0. The third kappa shape index (κ3) is 5.62. The Hall–Kier alpha value is -2.73. The molecular formula is C21H25FN2O3. The number of nitrogens with one attached hydrogen (secondary N) is 1. The number of hydrogen-bond acceptors (Lipinski definition) is 4. The number of Topliss-reactive ketones (excluding diaryl/α,β-unsaturated/α-hetero) is 1. The Labute approximate surface area is 159 Å². The van der Waals surface area contributed by atoms with Gasteiger partial charge in [-0.3, -0.25) is 9.59 Å². The number of ether oxygens (including phenoxy) is 1. The quantitative estimate of drug-likeness (QED) is 0.724. The fourth-order valence-electron chi connectivity index (χ4n) is 2.89. The molecule has 0 saturated carbocycles. The van der Waals surface area contributed by atoms with Gasteiger partial charge in [-0.1, -0.05) is 12.1 Å². The van der Waals surface area contributed by atoms with Crippen LogP contribution in [0.4, 0.5) is 4.39 Å². The molecule has 0 radical (unpaired) electrons. The molecule has 0 aliphatic heterocycles. The summed E-state index contributed by atoms with van der Waals surface area (Å²) in [5.41, 5.74) is 1.97. The highest BCUT2D eigenvalue weighted by Crippen LogP contribution is 2.22. The molecule has 0 aromatic heterocycles. The molecule has 6 heteroatoms.